The second-order valence-electron chi connectivity index (χ2n) is 4.25. The molecule has 5 heteroatoms. The Balaban J connectivity index is 1.92. The third-order valence-corrected chi connectivity index (χ3v) is 2.71. The van der Waals surface area contributed by atoms with Crippen molar-refractivity contribution >= 4 is 5.78 Å². The molecule has 0 aliphatic carbocycles. The lowest BCUT2D eigenvalue weighted by molar-refractivity contribution is -0.187. The molecular weight excluding hydrogens is 188 g/mol. The van der Waals surface area contributed by atoms with Crippen molar-refractivity contribution in [3.63, 3.8) is 0 Å². The summed E-state index contributed by atoms with van der Waals surface area (Å²) in [6.45, 7) is 3.89. The molecule has 3 aliphatic rings. The molecule has 0 aromatic carbocycles. The first kappa shape index (κ1) is 8.79. The molecule has 0 unspecified atom stereocenters. The quantitative estimate of drug-likeness (QED) is 0.543. The second kappa shape index (κ2) is 2.55. The van der Waals surface area contributed by atoms with Crippen LogP contribution in [-0.4, -0.2) is 42.8 Å². The first-order valence-electron chi connectivity index (χ1n) is 4.73. The molecule has 0 spiro atoms. The summed E-state index contributed by atoms with van der Waals surface area (Å²) in [5, 5.41) is 0. The van der Waals surface area contributed by atoms with Gasteiger partial charge in [-0.15, -0.1) is 0 Å². The Morgan fingerprint density at radius 3 is 2.93 bits per heavy atom. The van der Waals surface area contributed by atoms with Gasteiger partial charge in [0.1, 0.15) is 12.2 Å². The smallest absolute Gasteiger partial charge is 0.195 e. The zero-order valence-electron chi connectivity index (χ0n) is 8.06. The normalized spacial score (nSPS) is 49.4. The zero-order valence-corrected chi connectivity index (χ0v) is 8.06. The summed E-state index contributed by atoms with van der Waals surface area (Å²) >= 11 is 0. The van der Waals surface area contributed by atoms with Crippen molar-refractivity contribution in [3.8, 4) is 0 Å². The molecule has 0 N–H and O–H groups in total. The van der Waals surface area contributed by atoms with E-state index < -0.39 is 30.4 Å². The molecule has 78 valence electrons. The Labute approximate surface area is 81.3 Å². The van der Waals surface area contributed by atoms with E-state index in [1.54, 1.807) is 13.8 Å². The van der Waals surface area contributed by atoms with E-state index in [4.69, 9.17) is 18.9 Å². The molecule has 3 fully saturated rings. The summed E-state index contributed by atoms with van der Waals surface area (Å²) in [5.41, 5.74) is 0. The molecule has 3 heterocycles. The van der Waals surface area contributed by atoms with Gasteiger partial charge in [-0.05, 0) is 13.8 Å². The lowest BCUT2D eigenvalue weighted by Crippen LogP contribution is -2.49. The first-order chi connectivity index (χ1) is 6.57. The largest absolute Gasteiger partial charge is 0.347 e. The highest BCUT2D eigenvalue weighted by molar-refractivity contribution is 5.89. The van der Waals surface area contributed by atoms with Gasteiger partial charge in [0.2, 0.25) is 0 Å². The predicted molar refractivity (Wildman–Crippen MR) is 43.4 cm³/mol. The van der Waals surface area contributed by atoms with Crippen molar-refractivity contribution < 1.29 is 23.7 Å². The fourth-order valence-electron chi connectivity index (χ4n) is 2.14. The molecule has 0 aromatic heterocycles. The molecule has 2 bridgehead atoms. The van der Waals surface area contributed by atoms with Crippen LogP contribution in [0, 0.1) is 0 Å². The number of fused-ring (bicyclic) bond motifs is 4. The third-order valence-electron chi connectivity index (χ3n) is 2.71. The van der Waals surface area contributed by atoms with Crippen LogP contribution in [0.25, 0.3) is 0 Å². The Hall–Kier alpha value is -0.490. The number of hydrogen-bond donors (Lipinski definition) is 0. The highest BCUT2D eigenvalue weighted by Crippen LogP contribution is 2.38. The number of Topliss-reactive ketones (excluding diaryl/α,β-unsaturated/α-hetero) is 1. The fourth-order valence-corrected chi connectivity index (χ4v) is 2.14. The maximum Gasteiger partial charge on any atom is 0.195 e. The van der Waals surface area contributed by atoms with Crippen LogP contribution < -0.4 is 0 Å². The lowest BCUT2D eigenvalue weighted by atomic mass is 10.0. The van der Waals surface area contributed by atoms with E-state index >= 15 is 0 Å². The van der Waals surface area contributed by atoms with E-state index in [2.05, 4.69) is 0 Å². The fraction of sp³-hybridized carbons (Fsp3) is 0.889. The van der Waals surface area contributed by atoms with E-state index in [1.807, 2.05) is 0 Å². The topological polar surface area (TPSA) is 54.0 Å². The van der Waals surface area contributed by atoms with Crippen LogP contribution in [0.15, 0.2) is 0 Å². The molecule has 0 aromatic rings. The number of carbonyl (C=O) groups is 1. The molecule has 14 heavy (non-hydrogen) atoms. The number of ether oxygens (including phenoxy) is 4. The standard InChI is InChI=1S/C9H12O5/c1-9(2)13-6-5(10)4-3-11-8(12-4)7(6)14-9/h4,6-8H,3H2,1-2H3/t4-,6-,7-,8+/m0/s1. The lowest BCUT2D eigenvalue weighted by Gasteiger charge is -2.25. The average Bonchev–Trinajstić information content (AvgIpc) is 2.64. The van der Waals surface area contributed by atoms with Gasteiger partial charge in [0.05, 0.1) is 6.61 Å². The Morgan fingerprint density at radius 2 is 2.14 bits per heavy atom. The van der Waals surface area contributed by atoms with E-state index in [0.717, 1.165) is 0 Å². The second-order valence-corrected chi connectivity index (χ2v) is 4.25. The number of carbonyl (C=O) groups excluding carboxylic acids is 1. The van der Waals surface area contributed by atoms with Gasteiger partial charge in [0.15, 0.2) is 24.0 Å². The van der Waals surface area contributed by atoms with Crippen LogP contribution >= 0.6 is 0 Å². The predicted octanol–water partition coefficient (Wildman–Crippen LogP) is -0.169. The van der Waals surface area contributed by atoms with Crippen molar-refractivity contribution in [2.75, 3.05) is 6.61 Å². The molecule has 5 nitrogen and oxygen atoms in total. The SMILES string of the molecule is CC1(C)O[C@@H]2[C@@H]3OC[C@H](O3)C(=O)[C@@H]2O1. The Morgan fingerprint density at radius 1 is 1.36 bits per heavy atom. The molecule has 0 saturated carbocycles. The van der Waals surface area contributed by atoms with E-state index in [1.165, 1.54) is 0 Å². The van der Waals surface area contributed by atoms with Crippen LogP contribution in [0.4, 0.5) is 0 Å². The van der Waals surface area contributed by atoms with Crippen LogP contribution in [0.1, 0.15) is 13.8 Å². The summed E-state index contributed by atoms with van der Waals surface area (Å²) < 4.78 is 21.7. The van der Waals surface area contributed by atoms with E-state index in [0.29, 0.717) is 6.61 Å². The maximum atomic E-state index is 11.7. The van der Waals surface area contributed by atoms with E-state index in [9.17, 15) is 4.79 Å². The minimum atomic E-state index is -0.720. The third kappa shape index (κ3) is 1.07. The summed E-state index contributed by atoms with van der Waals surface area (Å²) in [7, 11) is 0. The molecule has 3 rings (SSSR count). The monoisotopic (exact) mass is 200 g/mol. The van der Waals surface area contributed by atoms with Gasteiger partial charge in [0.25, 0.3) is 0 Å². The molecule has 3 aliphatic heterocycles. The van der Waals surface area contributed by atoms with Crippen LogP contribution in [0.5, 0.6) is 0 Å². The maximum absolute atomic E-state index is 11.7. The van der Waals surface area contributed by atoms with Crippen LogP contribution in [0.2, 0.25) is 0 Å². The minimum Gasteiger partial charge on any atom is -0.347 e. The van der Waals surface area contributed by atoms with Crippen molar-refractivity contribution in [2.45, 2.75) is 44.2 Å². The summed E-state index contributed by atoms with van der Waals surface area (Å²) in [4.78, 5) is 11.7. The zero-order chi connectivity index (χ0) is 9.92. The molecule has 0 amide bonds. The highest BCUT2D eigenvalue weighted by Gasteiger charge is 2.58. The number of rotatable bonds is 0. The van der Waals surface area contributed by atoms with Crippen molar-refractivity contribution in [1.29, 1.82) is 0 Å². The summed E-state index contributed by atoms with van der Waals surface area (Å²) in [6.07, 6.45) is -1.82. The molecular formula is C9H12O5. The van der Waals surface area contributed by atoms with Gasteiger partial charge in [0, 0.05) is 0 Å². The van der Waals surface area contributed by atoms with Gasteiger partial charge >= 0.3 is 0 Å². The number of ketones is 1. The summed E-state index contributed by atoms with van der Waals surface area (Å²) in [5.74, 6) is -0.781. The van der Waals surface area contributed by atoms with Crippen molar-refractivity contribution in [1.82, 2.24) is 0 Å². The molecule has 0 radical (unpaired) electrons. The molecule has 4 atom stereocenters. The van der Waals surface area contributed by atoms with Crippen LogP contribution in [-0.2, 0) is 23.7 Å². The van der Waals surface area contributed by atoms with Crippen molar-refractivity contribution in [2.24, 2.45) is 0 Å². The average molecular weight is 200 g/mol. The van der Waals surface area contributed by atoms with Crippen LogP contribution in [0.3, 0.4) is 0 Å². The molecule has 3 saturated heterocycles. The first-order valence-corrected chi connectivity index (χ1v) is 4.73. The Bertz CT molecular complexity index is 287. The van der Waals surface area contributed by atoms with E-state index in [-0.39, 0.29) is 5.78 Å². The summed E-state index contributed by atoms with van der Waals surface area (Å²) in [6, 6.07) is 0. The Kier molecular flexibility index (Phi) is 1.60. The van der Waals surface area contributed by atoms with Gasteiger partial charge < -0.3 is 18.9 Å². The van der Waals surface area contributed by atoms with Crippen molar-refractivity contribution in [3.05, 3.63) is 0 Å². The highest BCUT2D eigenvalue weighted by atomic mass is 16.8. The minimum absolute atomic E-state index is 0.0608. The number of hydrogen-bond acceptors (Lipinski definition) is 5. The van der Waals surface area contributed by atoms with Gasteiger partial charge in [-0.2, -0.15) is 0 Å². The van der Waals surface area contributed by atoms with Gasteiger partial charge in [-0.3, -0.25) is 4.79 Å². The van der Waals surface area contributed by atoms with Gasteiger partial charge in [-0.1, -0.05) is 0 Å². The van der Waals surface area contributed by atoms with Gasteiger partial charge in [-0.25, -0.2) is 0 Å².